The van der Waals surface area contributed by atoms with Crippen LogP contribution in [-0.2, 0) is 16.0 Å². The second-order valence-corrected chi connectivity index (χ2v) is 4.53. The quantitative estimate of drug-likeness (QED) is 0.514. The van der Waals surface area contributed by atoms with E-state index in [-0.39, 0.29) is 11.0 Å². The van der Waals surface area contributed by atoms with E-state index in [1.54, 1.807) is 20.0 Å². The molecule has 0 aliphatic heterocycles. The average molecular weight is 294 g/mol. The smallest absolute Gasteiger partial charge is 0.333 e. The highest BCUT2D eigenvalue weighted by atomic mass is 32.1. The molecular weight excluding hydrogens is 272 g/mol. The van der Waals surface area contributed by atoms with Crippen LogP contribution in [-0.4, -0.2) is 22.5 Å². The Bertz CT molecular complexity index is 444. The van der Waals surface area contributed by atoms with Crippen molar-refractivity contribution >= 4 is 23.2 Å². The normalized spacial score (nSPS) is 10.2. The SMILES string of the molecule is CCCc1cccnc1.CCOC(=O)/C(C)=C/C(N)=S. The molecule has 1 aromatic heterocycles. The van der Waals surface area contributed by atoms with Crippen LogP contribution in [0.4, 0.5) is 0 Å². The molecule has 0 fully saturated rings. The number of ether oxygens (including phenoxy) is 1. The minimum absolute atomic E-state index is 0.190. The average Bonchev–Trinajstić information content (AvgIpc) is 2.40. The van der Waals surface area contributed by atoms with Crippen LogP contribution in [0.5, 0.6) is 0 Å². The van der Waals surface area contributed by atoms with Gasteiger partial charge in [-0.05, 0) is 38.0 Å². The lowest BCUT2D eigenvalue weighted by atomic mass is 10.2. The number of rotatable bonds is 5. The van der Waals surface area contributed by atoms with Crippen molar-refractivity contribution in [2.45, 2.75) is 33.6 Å². The molecule has 4 nitrogen and oxygen atoms in total. The fraction of sp³-hybridized carbons (Fsp3) is 0.400. The van der Waals surface area contributed by atoms with E-state index in [1.165, 1.54) is 18.1 Å². The molecule has 1 rings (SSSR count). The van der Waals surface area contributed by atoms with E-state index in [0.717, 1.165) is 6.42 Å². The molecule has 20 heavy (non-hydrogen) atoms. The number of carbonyl (C=O) groups excluding carboxylic acids is 1. The molecule has 0 spiro atoms. The Kier molecular flexibility index (Phi) is 10.1. The third kappa shape index (κ3) is 9.22. The van der Waals surface area contributed by atoms with Gasteiger partial charge in [-0.2, -0.15) is 0 Å². The van der Waals surface area contributed by atoms with Crippen LogP contribution in [0.1, 0.15) is 32.8 Å². The highest BCUT2D eigenvalue weighted by Gasteiger charge is 2.03. The van der Waals surface area contributed by atoms with Crippen molar-refractivity contribution in [3.63, 3.8) is 0 Å². The molecule has 0 saturated carbocycles. The summed E-state index contributed by atoms with van der Waals surface area (Å²) in [6, 6.07) is 4.08. The number of pyridine rings is 1. The van der Waals surface area contributed by atoms with Gasteiger partial charge in [0.05, 0.1) is 11.6 Å². The van der Waals surface area contributed by atoms with Crippen molar-refractivity contribution < 1.29 is 9.53 Å². The molecule has 1 heterocycles. The first-order valence-corrected chi connectivity index (χ1v) is 6.95. The number of carbonyl (C=O) groups is 1. The van der Waals surface area contributed by atoms with Gasteiger partial charge in [-0.15, -0.1) is 0 Å². The Balaban J connectivity index is 0.000000367. The number of thiocarbonyl (C=S) groups is 1. The molecule has 1 aromatic rings. The van der Waals surface area contributed by atoms with Crippen LogP contribution in [0.3, 0.4) is 0 Å². The zero-order chi connectivity index (χ0) is 15.4. The topological polar surface area (TPSA) is 65.2 Å². The summed E-state index contributed by atoms with van der Waals surface area (Å²) in [4.78, 5) is 15.1. The Labute approximate surface area is 126 Å². The summed E-state index contributed by atoms with van der Waals surface area (Å²) in [5.41, 5.74) is 6.94. The predicted molar refractivity (Wildman–Crippen MR) is 85.4 cm³/mol. The molecule has 0 unspecified atom stereocenters. The molecule has 0 radical (unpaired) electrons. The summed E-state index contributed by atoms with van der Waals surface area (Å²) < 4.78 is 4.68. The lowest BCUT2D eigenvalue weighted by Crippen LogP contribution is -2.10. The van der Waals surface area contributed by atoms with E-state index < -0.39 is 0 Å². The fourth-order valence-corrected chi connectivity index (χ4v) is 1.53. The van der Waals surface area contributed by atoms with Crippen LogP contribution in [0.2, 0.25) is 0 Å². The van der Waals surface area contributed by atoms with Crippen LogP contribution in [0.25, 0.3) is 0 Å². The van der Waals surface area contributed by atoms with Crippen molar-refractivity contribution in [1.29, 1.82) is 0 Å². The van der Waals surface area contributed by atoms with Crippen LogP contribution < -0.4 is 5.73 Å². The summed E-state index contributed by atoms with van der Waals surface area (Å²) in [6.45, 7) is 5.89. The third-order valence-electron chi connectivity index (χ3n) is 2.22. The second-order valence-electron chi connectivity index (χ2n) is 4.06. The van der Waals surface area contributed by atoms with Crippen molar-refractivity contribution in [2.75, 3.05) is 6.61 Å². The van der Waals surface area contributed by atoms with Gasteiger partial charge in [0.1, 0.15) is 0 Å². The molecule has 0 bridgehead atoms. The van der Waals surface area contributed by atoms with Crippen molar-refractivity contribution in [3.8, 4) is 0 Å². The highest BCUT2D eigenvalue weighted by molar-refractivity contribution is 7.80. The number of hydrogen-bond acceptors (Lipinski definition) is 4. The van der Waals surface area contributed by atoms with Gasteiger partial charge < -0.3 is 10.5 Å². The Morgan fingerprint density at radius 3 is 2.65 bits per heavy atom. The molecular formula is C15H22N2O2S. The Morgan fingerprint density at radius 2 is 2.20 bits per heavy atom. The lowest BCUT2D eigenvalue weighted by Gasteiger charge is -1.99. The van der Waals surface area contributed by atoms with Crippen molar-refractivity contribution in [3.05, 3.63) is 41.7 Å². The minimum Gasteiger partial charge on any atom is -0.463 e. The number of hydrogen-bond donors (Lipinski definition) is 1. The number of nitrogens with two attached hydrogens (primary N) is 1. The molecule has 5 heteroatoms. The molecule has 110 valence electrons. The van der Waals surface area contributed by atoms with E-state index in [4.69, 9.17) is 5.73 Å². The van der Waals surface area contributed by atoms with Gasteiger partial charge in [-0.25, -0.2) is 4.79 Å². The van der Waals surface area contributed by atoms with Crippen molar-refractivity contribution in [2.24, 2.45) is 5.73 Å². The zero-order valence-electron chi connectivity index (χ0n) is 12.3. The molecule has 0 saturated heterocycles. The van der Waals surface area contributed by atoms with E-state index in [2.05, 4.69) is 34.9 Å². The number of aryl methyl sites for hydroxylation is 1. The largest absolute Gasteiger partial charge is 0.463 e. The van der Waals surface area contributed by atoms with Gasteiger partial charge in [0.2, 0.25) is 0 Å². The van der Waals surface area contributed by atoms with E-state index in [9.17, 15) is 4.79 Å². The number of aromatic nitrogens is 1. The highest BCUT2D eigenvalue weighted by Crippen LogP contribution is 1.98. The lowest BCUT2D eigenvalue weighted by molar-refractivity contribution is -0.138. The standard InChI is InChI=1S/C8H11N.C7H11NO2S/c1-2-4-8-5-3-6-9-7-8;1-3-10-7(9)5(2)4-6(8)11/h3,5-7H,2,4H2,1H3;4H,3H2,1-2H3,(H2,8,11)/b;5-4+. The molecule has 0 atom stereocenters. The fourth-order valence-electron chi connectivity index (χ4n) is 1.35. The minimum atomic E-state index is -0.375. The molecule has 0 amide bonds. The summed E-state index contributed by atoms with van der Waals surface area (Å²) in [5, 5.41) is 0. The molecule has 0 aromatic carbocycles. The summed E-state index contributed by atoms with van der Waals surface area (Å²) >= 11 is 4.57. The Morgan fingerprint density at radius 1 is 1.50 bits per heavy atom. The van der Waals surface area contributed by atoms with E-state index in [1.807, 2.05) is 12.3 Å². The van der Waals surface area contributed by atoms with Crippen LogP contribution in [0.15, 0.2) is 36.2 Å². The summed E-state index contributed by atoms with van der Waals surface area (Å²) in [6.07, 6.45) is 7.48. The summed E-state index contributed by atoms with van der Waals surface area (Å²) in [7, 11) is 0. The first-order chi connectivity index (χ1) is 9.51. The summed E-state index contributed by atoms with van der Waals surface area (Å²) in [5.74, 6) is -0.375. The molecule has 2 N–H and O–H groups in total. The predicted octanol–water partition coefficient (Wildman–Crippen LogP) is 2.82. The third-order valence-corrected chi connectivity index (χ3v) is 2.34. The second kappa shape index (κ2) is 11.1. The van der Waals surface area contributed by atoms with Crippen LogP contribution >= 0.6 is 12.2 Å². The zero-order valence-corrected chi connectivity index (χ0v) is 13.1. The first-order valence-electron chi connectivity index (χ1n) is 6.55. The van der Waals surface area contributed by atoms with Crippen molar-refractivity contribution in [1.82, 2.24) is 4.98 Å². The van der Waals surface area contributed by atoms with Gasteiger partial charge in [0.25, 0.3) is 0 Å². The Hall–Kier alpha value is -1.75. The number of nitrogens with zero attached hydrogens (tertiary/aromatic N) is 1. The number of esters is 1. The van der Waals surface area contributed by atoms with Gasteiger partial charge in [-0.1, -0.05) is 31.6 Å². The molecule has 0 aliphatic rings. The maximum absolute atomic E-state index is 10.9. The maximum Gasteiger partial charge on any atom is 0.333 e. The maximum atomic E-state index is 10.9. The van der Waals surface area contributed by atoms with Crippen LogP contribution in [0, 0.1) is 0 Å². The van der Waals surface area contributed by atoms with E-state index >= 15 is 0 Å². The van der Waals surface area contributed by atoms with Gasteiger partial charge in [0, 0.05) is 18.0 Å². The van der Waals surface area contributed by atoms with E-state index in [0.29, 0.717) is 12.2 Å². The first kappa shape index (κ1) is 18.2. The molecule has 0 aliphatic carbocycles. The van der Waals surface area contributed by atoms with Gasteiger partial charge >= 0.3 is 5.97 Å². The van der Waals surface area contributed by atoms with Gasteiger partial charge in [0.15, 0.2) is 0 Å². The van der Waals surface area contributed by atoms with Gasteiger partial charge in [-0.3, -0.25) is 4.98 Å². The monoisotopic (exact) mass is 294 g/mol.